The van der Waals surface area contributed by atoms with Crippen molar-refractivity contribution in [1.29, 1.82) is 0 Å². The highest BCUT2D eigenvalue weighted by atomic mass is 15.1. The van der Waals surface area contributed by atoms with Gasteiger partial charge in [0.1, 0.15) is 0 Å². The van der Waals surface area contributed by atoms with Crippen LogP contribution in [-0.2, 0) is 0 Å². The molecule has 2 unspecified atom stereocenters. The predicted octanol–water partition coefficient (Wildman–Crippen LogP) is 1.46. The molecule has 0 aliphatic heterocycles. The third-order valence-electron chi connectivity index (χ3n) is 3.13. The largest absolute Gasteiger partial charge is 0.327 e. The molecule has 0 heterocycles. The summed E-state index contributed by atoms with van der Waals surface area (Å²) >= 11 is 0. The van der Waals surface area contributed by atoms with Crippen LogP contribution in [0.3, 0.4) is 0 Å². The summed E-state index contributed by atoms with van der Waals surface area (Å²) in [6.45, 7) is 1.80. The summed E-state index contributed by atoms with van der Waals surface area (Å²) in [5, 5.41) is 0. The van der Waals surface area contributed by atoms with Crippen molar-refractivity contribution < 1.29 is 0 Å². The highest BCUT2D eigenvalue weighted by Crippen LogP contribution is 2.22. The molecule has 14 heavy (non-hydrogen) atoms. The number of nitrogens with two attached hydrogens (primary N) is 1. The standard InChI is InChI=1S/C12H22N2/c1-3-9-14(2)10-11-7-5-4-6-8-12(11)13/h1,11-12H,4-10,13H2,2H3. The fourth-order valence-electron chi connectivity index (χ4n) is 2.26. The van der Waals surface area contributed by atoms with Crippen molar-refractivity contribution in [1.82, 2.24) is 4.90 Å². The molecule has 80 valence electrons. The maximum Gasteiger partial charge on any atom is 0.0596 e. The molecule has 0 aromatic heterocycles. The Morgan fingerprint density at radius 2 is 2.07 bits per heavy atom. The van der Waals surface area contributed by atoms with E-state index >= 15 is 0 Å². The van der Waals surface area contributed by atoms with E-state index in [1.165, 1.54) is 32.1 Å². The maximum absolute atomic E-state index is 6.15. The normalized spacial score (nSPS) is 28.4. The minimum absolute atomic E-state index is 0.387. The Kier molecular flexibility index (Phi) is 5.00. The lowest BCUT2D eigenvalue weighted by atomic mass is 9.95. The highest BCUT2D eigenvalue weighted by Gasteiger charge is 2.21. The van der Waals surface area contributed by atoms with Crippen molar-refractivity contribution in [3.05, 3.63) is 0 Å². The van der Waals surface area contributed by atoms with E-state index in [0.29, 0.717) is 12.0 Å². The summed E-state index contributed by atoms with van der Waals surface area (Å²) in [5.41, 5.74) is 6.15. The first-order valence-electron chi connectivity index (χ1n) is 5.61. The quantitative estimate of drug-likeness (QED) is 0.544. The minimum atomic E-state index is 0.387. The van der Waals surface area contributed by atoms with Gasteiger partial charge in [0, 0.05) is 12.6 Å². The molecule has 2 N–H and O–H groups in total. The molecule has 1 fully saturated rings. The first-order chi connectivity index (χ1) is 6.74. The lowest BCUT2D eigenvalue weighted by molar-refractivity contribution is 0.263. The molecule has 0 aromatic rings. The van der Waals surface area contributed by atoms with E-state index in [1.807, 2.05) is 0 Å². The molecule has 2 nitrogen and oxygen atoms in total. The van der Waals surface area contributed by atoms with Gasteiger partial charge in [-0.2, -0.15) is 0 Å². The molecular weight excluding hydrogens is 172 g/mol. The van der Waals surface area contributed by atoms with Crippen LogP contribution in [0.4, 0.5) is 0 Å². The van der Waals surface area contributed by atoms with E-state index < -0.39 is 0 Å². The summed E-state index contributed by atoms with van der Waals surface area (Å²) in [4.78, 5) is 2.20. The molecule has 0 amide bonds. The van der Waals surface area contributed by atoms with Gasteiger partial charge in [-0.3, -0.25) is 4.90 Å². The van der Waals surface area contributed by atoms with Gasteiger partial charge in [-0.05, 0) is 25.8 Å². The Hall–Kier alpha value is -0.520. The fraction of sp³-hybridized carbons (Fsp3) is 0.833. The molecule has 1 rings (SSSR count). The van der Waals surface area contributed by atoms with Crippen LogP contribution in [0.1, 0.15) is 32.1 Å². The lowest BCUT2D eigenvalue weighted by Gasteiger charge is -2.25. The molecule has 0 radical (unpaired) electrons. The second-order valence-corrected chi connectivity index (χ2v) is 4.46. The number of nitrogens with zero attached hydrogens (tertiary/aromatic N) is 1. The first kappa shape index (κ1) is 11.6. The SMILES string of the molecule is C#CCN(C)CC1CCCCCC1N. The van der Waals surface area contributed by atoms with Crippen LogP contribution in [0, 0.1) is 18.3 Å². The number of hydrogen-bond acceptors (Lipinski definition) is 2. The topological polar surface area (TPSA) is 29.3 Å². The Morgan fingerprint density at radius 1 is 1.36 bits per heavy atom. The molecular formula is C12H22N2. The summed E-state index contributed by atoms with van der Waals surface area (Å²) in [7, 11) is 2.08. The van der Waals surface area contributed by atoms with Gasteiger partial charge in [0.15, 0.2) is 0 Å². The van der Waals surface area contributed by atoms with Crippen LogP contribution in [0.5, 0.6) is 0 Å². The number of rotatable bonds is 3. The van der Waals surface area contributed by atoms with Gasteiger partial charge in [0.25, 0.3) is 0 Å². The Labute approximate surface area is 87.8 Å². The smallest absolute Gasteiger partial charge is 0.0596 e. The van der Waals surface area contributed by atoms with E-state index in [9.17, 15) is 0 Å². The first-order valence-corrected chi connectivity index (χ1v) is 5.61. The third kappa shape index (κ3) is 3.69. The van der Waals surface area contributed by atoms with Crippen molar-refractivity contribution in [2.45, 2.75) is 38.1 Å². The van der Waals surface area contributed by atoms with Crippen LogP contribution in [0.2, 0.25) is 0 Å². The molecule has 1 saturated carbocycles. The summed E-state index contributed by atoms with van der Waals surface area (Å²) < 4.78 is 0. The third-order valence-corrected chi connectivity index (χ3v) is 3.13. The summed E-state index contributed by atoms with van der Waals surface area (Å²) in [6, 6.07) is 0.387. The van der Waals surface area contributed by atoms with Gasteiger partial charge in [-0.1, -0.05) is 25.2 Å². The molecule has 1 aliphatic carbocycles. The minimum Gasteiger partial charge on any atom is -0.327 e. The van der Waals surface area contributed by atoms with Crippen molar-refractivity contribution in [3.63, 3.8) is 0 Å². The number of hydrogen-bond donors (Lipinski definition) is 1. The van der Waals surface area contributed by atoms with E-state index in [2.05, 4.69) is 17.9 Å². The highest BCUT2D eigenvalue weighted by molar-refractivity contribution is 4.88. The molecule has 0 spiro atoms. The van der Waals surface area contributed by atoms with Crippen LogP contribution in [-0.4, -0.2) is 31.1 Å². The molecule has 0 bridgehead atoms. The van der Waals surface area contributed by atoms with Gasteiger partial charge in [-0.25, -0.2) is 0 Å². The summed E-state index contributed by atoms with van der Waals surface area (Å²) in [6.07, 6.45) is 11.7. The van der Waals surface area contributed by atoms with Crippen LogP contribution >= 0.6 is 0 Å². The zero-order valence-electron chi connectivity index (χ0n) is 9.21. The monoisotopic (exact) mass is 194 g/mol. The van der Waals surface area contributed by atoms with E-state index in [4.69, 9.17) is 12.2 Å². The lowest BCUT2D eigenvalue weighted by Crippen LogP contribution is -2.37. The van der Waals surface area contributed by atoms with Gasteiger partial charge >= 0.3 is 0 Å². The van der Waals surface area contributed by atoms with Gasteiger partial charge in [0.2, 0.25) is 0 Å². The second kappa shape index (κ2) is 6.06. The van der Waals surface area contributed by atoms with Crippen LogP contribution in [0.25, 0.3) is 0 Å². The number of terminal acetylenes is 1. The van der Waals surface area contributed by atoms with E-state index in [-0.39, 0.29) is 0 Å². The fourth-order valence-corrected chi connectivity index (χ4v) is 2.26. The van der Waals surface area contributed by atoms with Crippen LogP contribution in [0.15, 0.2) is 0 Å². The Balaban J connectivity index is 2.36. The molecule has 0 saturated heterocycles. The zero-order chi connectivity index (χ0) is 10.4. The van der Waals surface area contributed by atoms with E-state index in [1.54, 1.807) is 0 Å². The van der Waals surface area contributed by atoms with Gasteiger partial charge in [0.05, 0.1) is 6.54 Å². The summed E-state index contributed by atoms with van der Waals surface area (Å²) in [5.74, 6) is 3.32. The van der Waals surface area contributed by atoms with E-state index in [0.717, 1.165) is 13.1 Å². The Bertz CT molecular complexity index is 195. The molecule has 2 heteroatoms. The van der Waals surface area contributed by atoms with Crippen molar-refractivity contribution in [2.24, 2.45) is 11.7 Å². The molecule has 2 atom stereocenters. The van der Waals surface area contributed by atoms with Gasteiger partial charge in [-0.15, -0.1) is 6.42 Å². The van der Waals surface area contributed by atoms with Crippen molar-refractivity contribution in [3.8, 4) is 12.3 Å². The van der Waals surface area contributed by atoms with Gasteiger partial charge < -0.3 is 5.73 Å². The zero-order valence-corrected chi connectivity index (χ0v) is 9.21. The average molecular weight is 194 g/mol. The predicted molar refractivity (Wildman–Crippen MR) is 60.9 cm³/mol. The maximum atomic E-state index is 6.15. The molecule has 1 aliphatic rings. The van der Waals surface area contributed by atoms with Crippen molar-refractivity contribution >= 4 is 0 Å². The van der Waals surface area contributed by atoms with Crippen molar-refractivity contribution in [2.75, 3.05) is 20.1 Å². The molecule has 0 aromatic carbocycles. The second-order valence-electron chi connectivity index (χ2n) is 4.46. The average Bonchev–Trinajstić information content (AvgIpc) is 2.33. The Morgan fingerprint density at radius 3 is 2.79 bits per heavy atom. The van der Waals surface area contributed by atoms with Crippen LogP contribution < -0.4 is 5.73 Å².